The molecule has 0 unspecified atom stereocenters. The molecule has 0 radical (unpaired) electrons. The van der Waals surface area contributed by atoms with Crippen molar-refractivity contribution in [2.45, 2.75) is 26.4 Å². The maximum atomic E-state index is 11.9. The molecule has 1 N–H and O–H groups in total. The summed E-state index contributed by atoms with van der Waals surface area (Å²) in [5.41, 5.74) is -2.18. The average Bonchev–Trinajstić information content (AvgIpc) is 2.79. The SMILES string of the molecule is CC(C)(C)OC(=O)n1cc(-c2ccco2)c(=O)[nH]c1=O. The number of aromatic nitrogens is 2. The Kier molecular flexibility index (Phi) is 3.35. The molecule has 0 amide bonds. The Balaban J connectivity index is 2.50. The number of hydrogen-bond donors (Lipinski definition) is 1. The van der Waals surface area contributed by atoms with Crippen molar-refractivity contribution in [1.82, 2.24) is 9.55 Å². The molecule has 0 aliphatic carbocycles. The van der Waals surface area contributed by atoms with Crippen LogP contribution in [0.5, 0.6) is 0 Å². The lowest BCUT2D eigenvalue weighted by molar-refractivity contribution is 0.0528. The van der Waals surface area contributed by atoms with Gasteiger partial charge < -0.3 is 9.15 Å². The first-order valence-corrected chi connectivity index (χ1v) is 5.91. The predicted molar refractivity (Wildman–Crippen MR) is 70.7 cm³/mol. The second-order valence-corrected chi connectivity index (χ2v) is 5.13. The molecule has 7 nitrogen and oxygen atoms in total. The first-order chi connectivity index (χ1) is 9.28. The van der Waals surface area contributed by atoms with Gasteiger partial charge in [0.15, 0.2) is 0 Å². The topological polar surface area (TPSA) is 94.3 Å². The van der Waals surface area contributed by atoms with E-state index in [2.05, 4.69) is 4.98 Å². The fourth-order valence-electron chi connectivity index (χ4n) is 1.53. The molecule has 0 aliphatic rings. The molecular formula is C13H14N2O5. The lowest BCUT2D eigenvalue weighted by Gasteiger charge is -2.19. The molecule has 20 heavy (non-hydrogen) atoms. The van der Waals surface area contributed by atoms with Crippen LogP contribution in [-0.2, 0) is 4.74 Å². The molecule has 0 fully saturated rings. The maximum Gasteiger partial charge on any atom is 0.422 e. The van der Waals surface area contributed by atoms with Gasteiger partial charge in [0.2, 0.25) is 0 Å². The summed E-state index contributed by atoms with van der Waals surface area (Å²) < 4.78 is 10.9. The summed E-state index contributed by atoms with van der Waals surface area (Å²) in [5.74, 6) is 0.253. The fraction of sp³-hybridized carbons (Fsp3) is 0.308. The minimum Gasteiger partial charge on any atom is -0.464 e. The molecule has 2 aromatic rings. The molecule has 7 heteroatoms. The van der Waals surface area contributed by atoms with E-state index in [9.17, 15) is 14.4 Å². The number of nitrogens with one attached hydrogen (secondary N) is 1. The van der Waals surface area contributed by atoms with Gasteiger partial charge in [0.05, 0.1) is 11.8 Å². The van der Waals surface area contributed by atoms with E-state index >= 15 is 0 Å². The van der Waals surface area contributed by atoms with Crippen LogP contribution in [0.25, 0.3) is 11.3 Å². The lowest BCUT2D eigenvalue weighted by atomic mass is 10.2. The molecule has 0 saturated carbocycles. The smallest absolute Gasteiger partial charge is 0.422 e. The van der Waals surface area contributed by atoms with Crippen molar-refractivity contribution < 1.29 is 13.9 Å². The van der Waals surface area contributed by atoms with E-state index in [0.717, 1.165) is 6.20 Å². The zero-order chi connectivity index (χ0) is 14.9. The Hall–Kier alpha value is -2.57. The van der Waals surface area contributed by atoms with Crippen molar-refractivity contribution in [3.8, 4) is 11.3 Å². The summed E-state index contributed by atoms with van der Waals surface area (Å²) in [6, 6.07) is 3.15. The number of hydrogen-bond acceptors (Lipinski definition) is 5. The Morgan fingerprint density at radius 3 is 2.60 bits per heavy atom. The number of H-pyrrole nitrogens is 1. The average molecular weight is 278 g/mol. The monoisotopic (exact) mass is 278 g/mol. The second-order valence-electron chi connectivity index (χ2n) is 5.13. The van der Waals surface area contributed by atoms with Gasteiger partial charge in [0, 0.05) is 6.20 Å². The Morgan fingerprint density at radius 1 is 1.35 bits per heavy atom. The predicted octanol–water partition coefficient (Wildman–Crippen LogP) is 1.58. The highest BCUT2D eigenvalue weighted by atomic mass is 16.6. The number of nitrogens with zero attached hydrogens (tertiary/aromatic N) is 1. The van der Waals surface area contributed by atoms with Crippen molar-refractivity contribution in [2.75, 3.05) is 0 Å². The van der Waals surface area contributed by atoms with Crippen molar-refractivity contribution in [2.24, 2.45) is 0 Å². The van der Waals surface area contributed by atoms with Gasteiger partial charge in [-0.1, -0.05) is 0 Å². The Bertz CT molecular complexity index is 731. The molecule has 0 aliphatic heterocycles. The highest BCUT2D eigenvalue weighted by Gasteiger charge is 2.20. The van der Waals surface area contributed by atoms with E-state index in [0.29, 0.717) is 4.57 Å². The van der Waals surface area contributed by atoms with Crippen LogP contribution in [0.3, 0.4) is 0 Å². The third-order valence-corrected chi connectivity index (χ3v) is 2.32. The number of carbonyl (C=O) groups excluding carboxylic acids is 1. The second kappa shape index (κ2) is 4.84. The molecular weight excluding hydrogens is 264 g/mol. The van der Waals surface area contributed by atoms with Crippen LogP contribution in [-0.4, -0.2) is 21.2 Å². The van der Waals surface area contributed by atoms with E-state index in [-0.39, 0.29) is 11.3 Å². The third-order valence-electron chi connectivity index (χ3n) is 2.32. The van der Waals surface area contributed by atoms with Crippen molar-refractivity contribution in [3.63, 3.8) is 0 Å². The van der Waals surface area contributed by atoms with E-state index in [4.69, 9.17) is 9.15 Å². The number of ether oxygens (including phenoxy) is 1. The summed E-state index contributed by atoms with van der Waals surface area (Å²) in [5, 5.41) is 0. The molecule has 0 bridgehead atoms. The number of aromatic amines is 1. The van der Waals surface area contributed by atoms with Gasteiger partial charge in [-0.25, -0.2) is 14.2 Å². The van der Waals surface area contributed by atoms with Crippen LogP contribution in [0.15, 0.2) is 38.6 Å². The van der Waals surface area contributed by atoms with Gasteiger partial charge in [0.1, 0.15) is 11.4 Å². The molecule has 0 atom stereocenters. The van der Waals surface area contributed by atoms with E-state index < -0.39 is 22.9 Å². The lowest BCUT2D eigenvalue weighted by Crippen LogP contribution is -2.37. The molecule has 2 rings (SSSR count). The van der Waals surface area contributed by atoms with Crippen molar-refractivity contribution >= 4 is 6.09 Å². The van der Waals surface area contributed by atoms with Crippen LogP contribution in [0, 0.1) is 0 Å². The van der Waals surface area contributed by atoms with Gasteiger partial charge in [0.25, 0.3) is 5.56 Å². The zero-order valence-corrected chi connectivity index (χ0v) is 11.3. The standard InChI is InChI=1S/C13H14N2O5/c1-13(2,3)20-12(18)15-7-8(9-5-4-6-19-9)10(16)14-11(15)17/h4-7H,1-3H3,(H,14,16,17). The maximum absolute atomic E-state index is 11.9. The van der Waals surface area contributed by atoms with Crippen molar-refractivity contribution in [3.05, 3.63) is 45.4 Å². The molecule has 0 aromatic carbocycles. The highest BCUT2D eigenvalue weighted by Crippen LogP contribution is 2.14. The summed E-state index contributed by atoms with van der Waals surface area (Å²) in [7, 11) is 0. The number of furan rings is 1. The van der Waals surface area contributed by atoms with Gasteiger partial charge in [-0.3, -0.25) is 9.78 Å². The van der Waals surface area contributed by atoms with E-state index in [1.807, 2.05) is 0 Å². The van der Waals surface area contributed by atoms with Crippen LogP contribution in [0.2, 0.25) is 0 Å². The first kappa shape index (κ1) is 13.9. The minimum absolute atomic E-state index is 0.0699. The molecule has 0 spiro atoms. The molecule has 2 aromatic heterocycles. The normalized spacial score (nSPS) is 11.3. The Labute approximate surface area is 113 Å². The van der Waals surface area contributed by atoms with Gasteiger partial charge in [-0.2, -0.15) is 0 Å². The van der Waals surface area contributed by atoms with Crippen LogP contribution >= 0.6 is 0 Å². The molecule has 2 heterocycles. The minimum atomic E-state index is -0.869. The quantitative estimate of drug-likeness (QED) is 0.854. The van der Waals surface area contributed by atoms with Gasteiger partial charge >= 0.3 is 11.8 Å². The first-order valence-electron chi connectivity index (χ1n) is 5.91. The molecule has 0 saturated heterocycles. The highest BCUT2D eigenvalue weighted by molar-refractivity contribution is 5.72. The third kappa shape index (κ3) is 2.87. The molecule has 106 valence electrons. The summed E-state index contributed by atoms with van der Waals surface area (Å²) >= 11 is 0. The van der Waals surface area contributed by atoms with E-state index in [1.54, 1.807) is 32.9 Å². The zero-order valence-electron chi connectivity index (χ0n) is 11.3. The fourth-order valence-corrected chi connectivity index (χ4v) is 1.53. The van der Waals surface area contributed by atoms with E-state index in [1.165, 1.54) is 6.26 Å². The summed E-state index contributed by atoms with van der Waals surface area (Å²) in [4.78, 5) is 37.3. The number of carbonyl (C=O) groups is 1. The van der Waals surface area contributed by atoms with Crippen LogP contribution in [0.1, 0.15) is 20.8 Å². The van der Waals surface area contributed by atoms with Gasteiger partial charge in [-0.05, 0) is 32.9 Å². The summed E-state index contributed by atoms with van der Waals surface area (Å²) in [6.07, 6.45) is 1.62. The Morgan fingerprint density at radius 2 is 2.05 bits per heavy atom. The van der Waals surface area contributed by atoms with Gasteiger partial charge in [-0.15, -0.1) is 0 Å². The van der Waals surface area contributed by atoms with Crippen LogP contribution < -0.4 is 11.2 Å². The summed E-state index contributed by atoms with van der Waals surface area (Å²) in [6.45, 7) is 5.03. The largest absolute Gasteiger partial charge is 0.464 e. The van der Waals surface area contributed by atoms with Crippen LogP contribution in [0.4, 0.5) is 4.79 Å². The van der Waals surface area contributed by atoms with Crippen molar-refractivity contribution in [1.29, 1.82) is 0 Å². The number of rotatable bonds is 1.